The summed E-state index contributed by atoms with van der Waals surface area (Å²) in [5, 5.41) is 0. The molecule has 3 aromatic carbocycles. The lowest BCUT2D eigenvalue weighted by atomic mass is 10.1. The Kier molecular flexibility index (Phi) is 7.72. The molecular weight excluding hydrogens is 408 g/mol. The SMILES string of the molecule is Cc1cccc(Cn2cccc2CN(CC(=O)OCc2ccccc2)Cc2ccccc2)c1. The Hall–Kier alpha value is -3.63. The fourth-order valence-corrected chi connectivity index (χ4v) is 3.96. The van der Waals surface area contributed by atoms with Crippen LogP contribution in [-0.2, 0) is 35.8 Å². The molecule has 0 saturated carbocycles. The summed E-state index contributed by atoms with van der Waals surface area (Å²) in [6.07, 6.45) is 2.10. The number of carbonyl (C=O) groups excluding carboxylic acids is 1. The van der Waals surface area contributed by atoms with Crippen LogP contribution in [0.5, 0.6) is 0 Å². The van der Waals surface area contributed by atoms with Crippen molar-refractivity contribution in [2.24, 2.45) is 0 Å². The van der Waals surface area contributed by atoms with Gasteiger partial charge in [-0.3, -0.25) is 9.69 Å². The molecule has 0 spiro atoms. The van der Waals surface area contributed by atoms with E-state index in [-0.39, 0.29) is 12.5 Å². The zero-order valence-electron chi connectivity index (χ0n) is 19.1. The first-order chi connectivity index (χ1) is 16.2. The molecule has 1 aromatic heterocycles. The first-order valence-electron chi connectivity index (χ1n) is 11.3. The van der Waals surface area contributed by atoms with E-state index in [1.807, 2.05) is 48.5 Å². The van der Waals surface area contributed by atoms with Crippen LogP contribution in [-0.4, -0.2) is 22.0 Å². The average molecular weight is 439 g/mol. The molecule has 0 bridgehead atoms. The Morgan fingerprint density at radius 1 is 0.788 bits per heavy atom. The van der Waals surface area contributed by atoms with Crippen LogP contribution in [0.25, 0.3) is 0 Å². The van der Waals surface area contributed by atoms with Crippen molar-refractivity contribution < 1.29 is 9.53 Å². The van der Waals surface area contributed by atoms with Crippen molar-refractivity contribution in [2.45, 2.75) is 33.2 Å². The van der Waals surface area contributed by atoms with Gasteiger partial charge in [-0.1, -0.05) is 90.5 Å². The van der Waals surface area contributed by atoms with Gasteiger partial charge in [-0.25, -0.2) is 0 Å². The highest BCUT2D eigenvalue weighted by atomic mass is 16.5. The van der Waals surface area contributed by atoms with Crippen LogP contribution in [0, 0.1) is 6.92 Å². The average Bonchev–Trinajstić information content (AvgIpc) is 3.25. The molecule has 0 fully saturated rings. The summed E-state index contributed by atoms with van der Waals surface area (Å²) in [5.74, 6) is -0.216. The molecule has 1 heterocycles. The van der Waals surface area contributed by atoms with Crippen molar-refractivity contribution in [1.82, 2.24) is 9.47 Å². The first kappa shape index (κ1) is 22.6. The van der Waals surface area contributed by atoms with E-state index in [9.17, 15) is 4.79 Å². The molecule has 4 heteroatoms. The fourth-order valence-electron chi connectivity index (χ4n) is 3.96. The molecular formula is C29H30N2O2. The van der Waals surface area contributed by atoms with E-state index in [1.54, 1.807) is 0 Å². The number of rotatable bonds is 10. The molecule has 0 atom stereocenters. The summed E-state index contributed by atoms with van der Waals surface area (Å²) < 4.78 is 7.82. The molecule has 4 nitrogen and oxygen atoms in total. The third kappa shape index (κ3) is 6.93. The molecule has 33 heavy (non-hydrogen) atoms. The molecule has 0 amide bonds. The maximum Gasteiger partial charge on any atom is 0.320 e. The minimum Gasteiger partial charge on any atom is -0.460 e. The van der Waals surface area contributed by atoms with Gasteiger partial charge in [-0.2, -0.15) is 0 Å². The number of aryl methyl sites for hydroxylation is 1. The highest BCUT2D eigenvalue weighted by Gasteiger charge is 2.15. The molecule has 0 saturated heterocycles. The van der Waals surface area contributed by atoms with Crippen molar-refractivity contribution in [1.29, 1.82) is 0 Å². The summed E-state index contributed by atoms with van der Waals surface area (Å²) in [7, 11) is 0. The smallest absolute Gasteiger partial charge is 0.320 e. The molecule has 0 aliphatic rings. The summed E-state index contributed by atoms with van der Waals surface area (Å²) in [4.78, 5) is 14.8. The van der Waals surface area contributed by atoms with Gasteiger partial charge >= 0.3 is 5.97 Å². The fraction of sp³-hybridized carbons (Fsp3) is 0.207. The Bertz CT molecular complexity index is 1150. The second kappa shape index (κ2) is 11.3. The second-order valence-corrected chi connectivity index (χ2v) is 8.39. The van der Waals surface area contributed by atoms with Crippen LogP contribution in [0.1, 0.15) is 27.9 Å². The molecule has 4 aromatic rings. The largest absolute Gasteiger partial charge is 0.460 e. The zero-order chi connectivity index (χ0) is 22.9. The minimum atomic E-state index is -0.216. The van der Waals surface area contributed by atoms with Crippen LogP contribution >= 0.6 is 0 Å². The lowest BCUT2D eigenvalue weighted by molar-refractivity contribution is -0.146. The predicted octanol–water partition coefficient (Wildman–Crippen LogP) is 5.59. The molecule has 0 radical (unpaired) electrons. The maximum absolute atomic E-state index is 12.7. The highest BCUT2D eigenvalue weighted by molar-refractivity contribution is 5.71. The van der Waals surface area contributed by atoms with E-state index >= 15 is 0 Å². The lowest BCUT2D eigenvalue weighted by Crippen LogP contribution is -2.31. The van der Waals surface area contributed by atoms with Gasteiger partial charge in [0, 0.05) is 31.5 Å². The van der Waals surface area contributed by atoms with Gasteiger partial charge < -0.3 is 9.30 Å². The predicted molar refractivity (Wildman–Crippen MR) is 132 cm³/mol. The van der Waals surface area contributed by atoms with Gasteiger partial charge in [0.05, 0.1) is 6.54 Å². The van der Waals surface area contributed by atoms with Gasteiger partial charge in [0.2, 0.25) is 0 Å². The number of hydrogen-bond donors (Lipinski definition) is 0. The van der Waals surface area contributed by atoms with Crippen molar-refractivity contribution in [3.8, 4) is 0 Å². The second-order valence-electron chi connectivity index (χ2n) is 8.39. The number of benzene rings is 3. The molecule has 0 unspecified atom stereocenters. The van der Waals surface area contributed by atoms with Crippen molar-refractivity contribution >= 4 is 5.97 Å². The van der Waals surface area contributed by atoms with Gasteiger partial charge in [0.25, 0.3) is 0 Å². The Morgan fingerprint density at radius 3 is 2.21 bits per heavy atom. The zero-order valence-corrected chi connectivity index (χ0v) is 19.1. The normalized spacial score (nSPS) is 11.0. The molecule has 4 rings (SSSR count). The van der Waals surface area contributed by atoms with E-state index in [2.05, 4.69) is 71.1 Å². The van der Waals surface area contributed by atoms with E-state index < -0.39 is 0 Å². The summed E-state index contributed by atoms with van der Waals surface area (Å²) in [6, 6.07) is 32.8. The van der Waals surface area contributed by atoms with Gasteiger partial charge in [-0.15, -0.1) is 0 Å². The van der Waals surface area contributed by atoms with Gasteiger partial charge in [-0.05, 0) is 35.7 Å². The third-order valence-corrected chi connectivity index (χ3v) is 5.59. The summed E-state index contributed by atoms with van der Waals surface area (Å²) >= 11 is 0. The van der Waals surface area contributed by atoms with Gasteiger partial charge in [0.15, 0.2) is 0 Å². The lowest BCUT2D eigenvalue weighted by Gasteiger charge is -2.23. The Morgan fingerprint density at radius 2 is 1.48 bits per heavy atom. The van der Waals surface area contributed by atoms with Crippen molar-refractivity contribution in [2.75, 3.05) is 6.54 Å². The summed E-state index contributed by atoms with van der Waals surface area (Å²) in [5.41, 5.74) is 5.86. The number of aromatic nitrogens is 1. The number of nitrogens with zero attached hydrogens (tertiary/aromatic N) is 2. The molecule has 0 aliphatic carbocycles. The maximum atomic E-state index is 12.7. The minimum absolute atomic E-state index is 0.216. The molecule has 0 aliphatic heterocycles. The number of esters is 1. The van der Waals surface area contributed by atoms with E-state index in [0.29, 0.717) is 19.7 Å². The van der Waals surface area contributed by atoms with Crippen LogP contribution in [0.2, 0.25) is 0 Å². The Labute approximate surface area is 196 Å². The van der Waals surface area contributed by atoms with Crippen LogP contribution in [0.15, 0.2) is 103 Å². The summed E-state index contributed by atoms with van der Waals surface area (Å²) in [6.45, 7) is 4.79. The number of carbonyl (C=O) groups is 1. The van der Waals surface area contributed by atoms with Gasteiger partial charge in [0.1, 0.15) is 6.61 Å². The van der Waals surface area contributed by atoms with Crippen LogP contribution < -0.4 is 0 Å². The number of hydrogen-bond acceptors (Lipinski definition) is 3. The number of ether oxygens (including phenoxy) is 1. The van der Waals surface area contributed by atoms with Crippen molar-refractivity contribution in [3.63, 3.8) is 0 Å². The highest BCUT2D eigenvalue weighted by Crippen LogP contribution is 2.14. The van der Waals surface area contributed by atoms with E-state index in [0.717, 1.165) is 12.1 Å². The molecule has 0 N–H and O–H groups in total. The monoisotopic (exact) mass is 438 g/mol. The first-order valence-corrected chi connectivity index (χ1v) is 11.3. The van der Waals surface area contributed by atoms with Crippen LogP contribution in [0.3, 0.4) is 0 Å². The Balaban J connectivity index is 1.45. The standard InChI is InChI=1S/C29H30N2O2/c1-24-10-8-15-27(18-24)20-31-17-9-16-28(31)21-30(19-25-11-4-2-5-12-25)22-29(32)33-23-26-13-6-3-7-14-26/h2-18H,19-23H2,1H3. The topological polar surface area (TPSA) is 34.5 Å². The quantitative estimate of drug-likeness (QED) is 0.303. The van der Waals surface area contributed by atoms with Crippen molar-refractivity contribution in [3.05, 3.63) is 131 Å². The van der Waals surface area contributed by atoms with E-state index in [4.69, 9.17) is 4.74 Å². The van der Waals surface area contributed by atoms with Crippen LogP contribution in [0.4, 0.5) is 0 Å². The third-order valence-electron chi connectivity index (χ3n) is 5.59. The van der Waals surface area contributed by atoms with E-state index in [1.165, 1.54) is 22.4 Å². The molecule has 168 valence electrons.